The van der Waals surface area contributed by atoms with Crippen molar-refractivity contribution >= 4 is 17.7 Å². The van der Waals surface area contributed by atoms with Crippen molar-refractivity contribution in [2.24, 2.45) is 5.92 Å². The molecule has 29 heavy (non-hydrogen) atoms. The fourth-order valence-corrected chi connectivity index (χ4v) is 4.39. The number of nitrogens with zero attached hydrogens (tertiary/aromatic N) is 3. The molecule has 1 heterocycles. The Bertz CT molecular complexity index is 836. The van der Waals surface area contributed by atoms with Crippen LogP contribution in [-0.4, -0.2) is 32.5 Å². The molecule has 0 bridgehead atoms. The average Bonchev–Trinajstić information content (AvgIpc) is 3.09. The third-order valence-electron chi connectivity index (χ3n) is 5.35. The smallest absolute Gasteiger partial charge is 0.230 e. The van der Waals surface area contributed by atoms with Gasteiger partial charge in [-0.2, -0.15) is 0 Å². The van der Waals surface area contributed by atoms with Crippen molar-refractivity contribution in [1.29, 1.82) is 0 Å². The van der Waals surface area contributed by atoms with Crippen LogP contribution in [0.5, 0.6) is 5.75 Å². The molecule has 1 aromatic heterocycles. The zero-order valence-corrected chi connectivity index (χ0v) is 18.1. The normalized spacial score (nSPS) is 19.0. The summed E-state index contributed by atoms with van der Waals surface area (Å²) in [5, 5.41) is 12.4. The quantitative estimate of drug-likeness (QED) is 0.493. The van der Waals surface area contributed by atoms with Gasteiger partial charge in [0.05, 0.1) is 5.75 Å². The van der Waals surface area contributed by atoms with Gasteiger partial charge in [-0.1, -0.05) is 55.8 Å². The summed E-state index contributed by atoms with van der Waals surface area (Å²) in [6.45, 7) is 8.95. The zero-order chi connectivity index (χ0) is 20.6. The van der Waals surface area contributed by atoms with Gasteiger partial charge in [-0.15, -0.1) is 16.8 Å². The van der Waals surface area contributed by atoms with E-state index in [1.54, 1.807) is 6.08 Å². The van der Waals surface area contributed by atoms with Gasteiger partial charge in [0.2, 0.25) is 5.91 Å². The maximum atomic E-state index is 12.4. The number of aromatic nitrogens is 3. The largest absolute Gasteiger partial charge is 0.485 e. The predicted molar refractivity (Wildman–Crippen MR) is 116 cm³/mol. The van der Waals surface area contributed by atoms with E-state index in [0.29, 0.717) is 36.0 Å². The molecule has 0 unspecified atom stereocenters. The fraction of sp³-hybridized carbons (Fsp3) is 0.500. The minimum atomic E-state index is 0.0552. The first-order chi connectivity index (χ1) is 14.1. The first-order valence-corrected chi connectivity index (χ1v) is 11.2. The molecule has 0 aliphatic heterocycles. The molecule has 2 atom stereocenters. The van der Waals surface area contributed by atoms with Crippen LogP contribution < -0.4 is 10.1 Å². The van der Waals surface area contributed by atoms with Crippen molar-refractivity contribution < 1.29 is 9.53 Å². The molecule has 1 aliphatic carbocycles. The molecule has 1 saturated carbocycles. The Morgan fingerprint density at radius 1 is 1.34 bits per heavy atom. The van der Waals surface area contributed by atoms with Crippen LogP contribution in [0.1, 0.15) is 44.0 Å². The highest BCUT2D eigenvalue weighted by Crippen LogP contribution is 2.24. The standard InChI is InChI=1S/C22H30N4O2S/c1-4-13-26-20(14-28-19-12-8-6-10-17(19)3)24-25-22(26)29-15-21(27)23-18-11-7-5-9-16(18)2/h4,6,8,10,12,16,18H,1,5,7,9,11,13-15H2,2-3H3,(H,23,27)/t16-,18+/m1/s1. The summed E-state index contributed by atoms with van der Waals surface area (Å²) >= 11 is 1.40. The van der Waals surface area contributed by atoms with E-state index in [-0.39, 0.29) is 5.91 Å². The summed E-state index contributed by atoms with van der Waals surface area (Å²) in [6, 6.07) is 8.17. The first kappa shape index (κ1) is 21.4. The lowest BCUT2D eigenvalue weighted by molar-refractivity contribution is -0.119. The second-order valence-corrected chi connectivity index (χ2v) is 8.52. The highest BCUT2D eigenvalue weighted by Gasteiger charge is 2.23. The third-order valence-corrected chi connectivity index (χ3v) is 6.31. The number of rotatable bonds is 9. The Labute approximate surface area is 177 Å². The molecule has 6 nitrogen and oxygen atoms in total. The number of para-hydroxylation sites is 1. The Morgan fingerprint density at radius 3 is 2.90 bits per heavy atom. The topological polar surface area (TPSA) is 69.0 Å². The molecule has 7 heteroatoms. The van der Waals surface area contributed by atoms with E-state index in [2.05, 4.69) is 29.0 Å². The molecule has 1 amide bonds. The number of carbonyl (C=O) groups excluding carboxylic acids is 1. The molecule has 0 radical (unpaired) electrons. The number of thioether (sulfide) groups is 1. The first-order valence-electron chi connectivity index (χ1n) is 10.2. The van der Waals surface area contributed by atoms with E-state index in [1.165, 1.54) is 31.0 Å². The van der Waals surface area contributed by atoms with Crippen LogP contribution in [0.2, 0.25) is 0 Å². The van der Waals surface area contributed by atoms with Crippen LogP contribution in [0.15, 0.2) is 42.1 Å². The lowest BCUT2D eigenvalue weighted by atomic mass is 9.86. The molecule has 3 rings (SSSR count). The molecule has 0 spiro atoms. The van der Waals surface area contributed by atoms with Crippen molar-refractivity contribution in [2.75, 3.05) is 5.75 Å². The minimum absolute atomic E-state index is 0.0552. The monoisotopic (exact) mass is 414 g/mol. The van der Waals surface area contributed by atoms with Gasteiger partial charge in [0.1, 0.15) is 12.4 Å². The van der Waals surface area contributed by atoms with Gasteiger partial charge in [-0.25, -0.2) is 0 Å². The highest BCUT2D eigenvalue weighted by atomic mass is 32.2. The van der Waals surface area contributed by atoms with Gasteiger partial charge < -0.3 is 10.1 Å². The Kier molecular flexibility index (Phi) is 7.75. The molecular weight excluding hydrogens is 384 g/mol. The SMILES string of the molecule is C=CCn1c(COc2ccccc2C)nnc1SCC(=O)N[C@H]1CCCC[C@H]1C. The molecule has 156 valence electrons. The average molecular weight is 415 g/mol. The zero-order valence-electron chi connectivity index (χ0n) is 17.3. The number of nitrogens with one attached hydrogen (secondary N) is 1. The van der Waals surface area contributed by atoms with Crippen molar-refractivity contribution in [1.82, 2.24) is 20.1 Å². The summed E-state index contributed by atoms with van der Waals surface area (Å²) in [5.74, 6) is 2.48. The van der Waals surface area contributed by atoms with Crippen LogP contribution in [0.3, 0.4) is 0 Å². The van der Waals surface area contributed by atoms with Crippen LogP contribution in [0, 0.1) is 12.8 Å². The van der Waals surface area contributed by atoms with Gasteiger partial charge in [-0.3, -0.25) is 9.36 Å². The van der Waals surface area contributed by atoms with Gasteiger partial charge in [-0.05, 0) is 37.3 Å². The number of hydrogen-bond donors (Lipinski definition) is 1. The Balaban J connectivity index is 1.58. The van der Waals surface area contributed by atoms with Gasteiger partial charge >= 0.3 is 0 Å². The highest BCUT2D eigenvalue weighted by molar-refractivity contribution is 7.99. The lowest BCUT2D eigenvalue weighted by Crippen LogP contribution is -2.41. The number of benzene rings is 1. The van der Waals surface area contributed by atoms with E-state index in [0.717, 1.165) is 23.6 Å². The molecule has 1 aliphatic rings. The molecule has 0 saturated heterocycles. The fourth-order valence-electron chi connectivity index (χ4n) is 3.61. The van der Waals surface area contributed by atoms with Crippen LogP contribution in [0.25, 0.3) is 0 Å². The van der Waals surface area contributed by atoms with Crippen molar-refractivity contribution in [3.8, 4) is 5.75 Å². The van der Waals surface area contributed by atoms with E-state index in [9.17, 15) is 4.79 Å². The molecular formula is C22H30N4O2S. The maximum Gasteiger partial charge on any atom is 0.230 e. The third kappa shape index (κ3) is 5.85. The molecule has 2 aromatic rings. The van der Waals surface area contributed by atoms with E-state index < -0.39 is 0 Å². The van der Waals surface area contributed by atoms with E-state index in [4.69, 9.17) is 4.74 Å². The number of hydrogen-bond acceptors (Lipinski definition) is 5. The number of ether oxygens (including phenoxy) is 1. The summed E-state index contributed by atoms with van der Waals surface area (Å²) in [5.41, 5.74) is 1.07. The van der Waals surface area contributed by atoms with Crippen molar-refractivity contribution in [2.45, 2.75) is 63.9 Å². The Hall–Kier alpha value is -2.28. The second-order valence-electron chi connectivity index (χ2n) is 7.58. The Morgan fingerprint density at radius 2 is 2.14 bits per heavy atom. The van der Waals surface area contributed by atoms with Crippen LogP contribution >= 0.6 is 11.8 Å². The molecule has 1 fully saturated rings. The number of amides is 1. The van der Waals surface area contributed by atoms with Crippen LogP contribution in [-0.2, 0) is 17.9 Å². The number of allylic oxidation sites excluding steroid dienone is 1. The van der Waals surface area contributed by atoms with Crippen molar-refractivity contribution in [3.63, 3.8) is 0 Å². The van der Waals surface area contributed by atoms with Crippen LogP contribution in [0.4, 0.5) is 0 Å². The summed E-state index contributed by atoms with van der Waals surface area (Å²) < 4.78 is 7.87. The molecule has 1 N–H and O–H groups in total. The van der Waals surface area contributed by atoms with Gasteiger partial charge in [0.25, 0.3) is 0 Å². The lowest BCUT2D eigenvalue weighted by Gasteiger charge is -2.29. The summed E-state index contributed by atoms with van der Waals surface area (Å²) in [6.07, 6.45) is 6.52. The minimum Gasteiger partial charge on any atom is -0.485 e. The molecule has 1 aromatic carbocycles. The predicted octanol–water partition coefficient (Wildman–Crippen LogP) is 4.14. The summed E-state index contributed by atoms with van der Waals surface area (Å²) in [7, 11) is 0. The van der Waals surface area contributed by atoms with Crippen molar-refractivity contribution in [3.05, 3.63) is 48.3 Å². The second kappa shape index (κ2) is 10.5. The van der Waals surface area contributed by atoms with Gasteiger partial charge in [0.15, 0.2) is 11.0 Å². The van der Waals surface area contributed by atoms with E-state index in [1.807, 2.05) is 35.8 Å². The maximum absolute atomic E-state index is 12.4. The number of aryl methyl sites for hydroxylation is 1. The van der Waals surface area contributed by atoms with E-state index >= 15 is 0 Å². The van der Waals surface area contributed by atoms with Gasteiger partial charge in [0, 0.05) is 12.6 Å². The summed E-state index contributed by atoms with van der Waals surface area (Å²) in [4.78, 5) is 12.4. The number of carbonyl (C=O) groups is 1.